The van der Waals surface area contributed by atoms with Crippen molar-refractivity contribution in [3.63, 3.8) is 0 Å². The number of allylic oxidation sites excluding steroid dienone is 10. The number of unbranched alkanes of at least 4 members (excludes halogenated alkanes) is 22. The van der Waals surface area contributed by atoms with Gasteiger partial charge in [0.25, 0.3) is 0 Å². The van der Waals surface area contributed by atoms with Gasteiger partial charge in [-0.1, -0.05) is 184 Å². The van der Waals surface area contributed by atoms with Crippen molar-refractivity contribution < 1.29 is 44.2 Å². The Kier molecular flexibility index (Phi) is 41.2. The Morgan fingerprint density at radius 1 is 0.532 bits per heavy atom. The molecule has 0 saturated carbocycles. The summed E-state index contributed by atoms with van der Waals surface area (Å²) in [7, 11) is 0. The molecular weight excluding hydrogens is 781 g/mol. The monoisotopic (exact) mass is 875 g/mol. The molecule has 1 saturated heterocycles. The van der Waals surface area contributed by atoms with Crippen molar-refractivity contribution in [3.05, 3.63) is 60.8 Å². The van der Waals surface area contributed by atoms with Crippen LogP contribution in [0.2, 0.25) is 0 Å². The molecule has 0 radical (unpaired) electrons. The quantitative estimate of drug-likeness (QED) is 0.0268. The number of esters is 1. The summed E-state index contributed by atoms with van der Waals surface area (Å²) in [5.41, 5.74) is 0. The van der Waals surface area contributed by atoms with Crippen LogP contribution in [-0.2, 0) is 23.7 Å². The minimum atomic E-state index is -1.54. The van der Waals surface area contributed by atoms with Gasteiger partial charge in [0, 0.05) is 13.0 Å². The van der Waals surface area contributed by atoms with Crippen LogP contribution < -0.4 is 0 Å². The van der Waals surface area contributed by atoms with Crippen LogP contribution in [0.15, 0.2) is 60.8 Å². The Balaban J connectivity index is 2.21. The minimum absolute atomic E-state index is 0.120. The maximum absolute atomic E-state index is 12.8. The summed E-state index contributed by atoms with van der Waals surface area (Å²) in [6.45, 7) is 4.43. The lowest BCUT2D eigenvalue weighted by molar-refractivity contribution is -0.305. The summed E-state index contributed by atoms with van der Waals surface area (Å²) in [6.07, 6.45) is 49.6. The Morgan fingerprint density at radius 3 is 1.48 bits per heavy atom. The molecule has 9 nitrogen and oxygen atoms in total. The molecule has 0 aromatic heterocycles. The molecule has 360 valence electrons. The Morgan fingerprint density at radius 2 is 0.984 bits per heavy atom. The molecule has 0 aromatic rings. The molecule has 0 aromatic carbocycles. The fourth-order valence-electron chi connectivity index (χ4n) is 7.48. The molecule has 6 atom stereocenters. The number of carbonyl (C=O) groups excluding carboxylic acids is 1. The molecule has 1 aliphatic rings. The third-order valence-corrected chi connectivity index (χ3v) is 11.4. The standard InChI is InChI=1S/C53H94O9/c1-3-5-7-9-11-13-15-17-19-21-22-23-24-25-27-29-31-33-35-37-39-41-43-59-45-47(46-60-53-52(58)51(57)50(56)48(44-54)62-53)61-49(55)42-40-38-36-34-32-30-28-26-20-18-16-14-12-10-8-6-4-2/h6,8,12,14-15,17-18,20-22,47-48,50-54,56-58H,3-5,7,9-11,13,16,19,23-46H2,1-2H3/b8-6-,14-12-,17-15-,20-18-,22-21-. The third kappa shape index (κ3) is 34.3. The molecule has 1 aliphatic heterocycles. The van der Waals surface area contributed by atoms with E-state index in [1.165, 1.54) is 116 Å². The van der Waals surface area contributed by atoms with Gasteiger partial charge in [0.15, 0.2) is 6.29 Å². The van der Waals surface area contributed by atoms with Crippen LogP contribution in [0.5, 0.6) is 0 Å². The van der Waals surface area contributed by atoms with Crippen molar-refractivity contribution in [2.24, 2.45) is 0 Å². The lowest BCUT2D eigenvalue weighted by Gasteiger charge is -2.39. The number of rotatable bonds is 43. The molecule has 0 aliphatic carbocycles. The zero-order valence-electron chi connectivity index (χ0n) is 39.6. The average Bonchev–Trinajstić information content (AvgIpc) is 3.27. The maximum Gasteiger partial charge on any atom is 0.306 e. The number of hydrogen-bond acceptors (Lipinski definition) is 9. The summed E-state index contributed by atoms with van der Waals surface area (Å²) in [4.78, 5) is 12.8. The van der Waals surface area contributed by atoms with Crippen molar-refractivity contribution in [1.29, 1.82) is 0 Å². The van der Waals surface area contributed by atoms with Gasteiger partial charge in [-0.3, -0.25) is 4.79 Å². The summed E-state index contributed by atoms with van der Waals surface area (Å²) in [5, 5.41) is 40.2. The average molecular weight is 875 g/mol. The van der Waals surface area contributed by atoms with Gasteiger partial charge in [-0.15, -0.1) is 0 Å². The molecule has 4 N–H and O–H groups in total. The molecule has 0 bridgehead atoms. The van der Waals surface area contributed by atoms with Crippen LogP contribution in [0, 0.1) is 0 Å². The van der Waals surface area contributed by atoms with E-state index in [-0.39, 0.29) is 19.2 Å². The third-order valence-electron chi connectivity index (χ3n) is 11.4. The Labute approximate surface area is 379 Å². The van der Waals surface area contributed by atoms with Crippen molar-refractivity contribution in [1.82, 2.24) is 0 Å². The van der Waals surface area contributed by atoms with Gasteiger partial charge in [0.1, 0.15) is 30.5 Å². The number of aliphatic hydroxyl groups excluding tert-OH is 4. The normalized spacial score (nSPS) is 20.3. The van der Waals surface area contributed by atoms with Crippen molar-refractivity contribution in [2.45, 2.75) is 243 Å². The van der Waals surface area contributed by atoms with E-state index in [2.05, 4.69) is 74.6 Å². The van der Waals surface area contributed by atoms with Gasteiger partial charge in [-0.25, -0.2) is 0 Å². The minimum Gasteiger partial charge on any atom is -0.457 e. The fraction of sp³-hybridized carbons (Fsp3) is 0.792. The van der Waals surface area contributed by atoms with Gasteiger partial charge in [0.2, 0.25) is 0 Å². The Bertz CT molecular complexity index is 1130. The first-order chi connectivity index (χ1) is 30.4. The highest BCUT2D eigenvalue weighted by molar-refractivity contribution is 5.69. The second-order valence-electron chi connectivity index (χ2n) is 17.2. The molecule has 0 amide bonds. The maximum atomic E-state index is 12.8. The summed E-state index contributed by atoms with van der Waals surface area (Å²) < 4.78 is 22.9. The first kappa shape index (κ1) is 57.9. The predicted molar refractivity (Wildman–Crippen MR) is 256 cm³/mol. The second-order valence-corrected chi connectivity index (χ2v) is 17.2. The van der Waals surface area contributed by atoms with Crippen LogP contribution in [0.1, 0.15) is 206 Å². The zero-order chi connectivity index (χ0) is 45.0. The first-order valence-corrected chi connectivity index (χ1v) is 25.4. The van der Waals surface area contributed by atoms with E-state index in [0.717, 1.165) is 70.6 Å². The lowest BCUT2D eigenvalue weighted by Crippen LogP contribution is -2.59. The molecule has 0 spiro atoms. The van der Waals surface area contributed by atoms with E-state index in [1.807, 2.05) is 0 Å². The zero-order valence-corrected chi connectivity index (χ0v) is 39.6. The van der Waals surface area contributed by atoms with E-state index in [4.69, 9.17) is 18.9 Å². The largest absolute Gasteiger partial charge is 0.457 e. The highest BCUT2D eigenvalue weighted by Gasteiger charge is 2.44. The summed E-state index contributed by atoms with van der Waals surface area (Å²) >= 11 is 0. The fourth-order valence-corrected chi connectivity index (χ4v) is 7.48. The van der Waals surface area contributed by atoms with Gasteiger partial charge in [0.05, 0.1) is 19.8 Å². The molecule has 6 unspecified atom stereocenters. The van der Waals surface area contributed by atoms with Crippen LogP contribution in [0.4, 0.5) is 0 Å². The number of ether oxygens (including phenoxy) is 4. The smallest absolute Gasteiger partial charge is 0.306 e. The van der Waals surface area contributed by atoms with E-state index < -0.39 is 43.4 Å². The predicted octanol–water partition coefficient (Wildman–Crippen LogP) is 12.3. The molecule has 9 heteroatoms. The lowest BCUT2D eigenvalue weighted by atomic mass is 9.99. The van der Waals surface area contributed by atoms with E-state index in [1.54, 1.807) is 0 Å². The molecule has 1 heterocycles. The van der Waals surface area contributed by atoms with Gasteiger partial charge in [-0.05, 0) is 77.0 Å². The SMILES string of the molecule is CC/C=C\C/C=C\C/C=C\CCCCCCCCCC(=O)OC(COCCCCCCCCCCCC/C=C\C/C=C\CCCCCCC)COC1OC(CO)C(O)C(O)C1O. The van der Waals surface area contributed by atoms with Crippen LogP contribution >= 0.6 is 0 Å². The topological polar surface area (TPSA) is 135 Å². The highest BCUT2D eigenvalue weighted by atomic mass is 16.7. The van der Waals surface area contributed by atoms with Crippen LogP contribution in [0.25, 0.3) is 0 Å². The molecule has 62 heavy (non-hydrogen) atoms. The van der Waals surface area contributed by atoms with Gasteiger partial charge in [-0.2, -0.15) is 0 Å². The van der Waals surface area contributed by atoms with Crippen LogP contribution in [-0.4, -0.2) is 89.6 Å². The van der Waals surface area contributed by atoms with Gasteiger partial charge < -0.3 is 39.4 Å². The number of hydrogen-bond donors (Lipinski definition) is 4. The van der Waals surface area contributed by atoms with Crippen molar-refractivity contribution in [3.8, 4) is 0 Å². The molecular formula is C53H94O9. The first-order valence-electron chi connectivity index (χ1n) is 25.4. The highest BCUT2D eigenvalue weighted by Crippen LogP contribution is 2.23. The van der Waals surface area contributed by atoms with E-state index in [9.17, 15) is 25.2 Å². The van der Waals surface area contributed by atoms with E-state index >= 15 is 0 Å². The second kappa shape index (κ2) is 44.1. The number of aliphatic hydroxyl groups is 4. The van der Waals surface area contributed by atoms with E-state index in [0.29, 0.717) is 13.0 Å². The van der Waals surface area contributed by atoms with Gasteiger partial charge >= 0.3 is 5.97 Å². The summed E-state index contributed by atoms with van der Waals surface area (Å²) in [5.74, 6) is -0.325. The van der Waals surface area contributed by atoms with Crippen LogP contribution in [0.3, 0.4) is 0 Å². The molecule has 1 fully saturated rings. The van der Waals surface area contributed by atoms with Crippen molar-refractivity contribution >= 4 is 5.97 Å². The Hall–Kier alpha value is -2.11. The van der Waals surface area contributed by atoms with Crippen molar-refractivity contribution in [2.75, 3.05) is 26.4 Å². The number of carbonyl (C=O) groups is 1. The summed E-state index contributed by atoms with van der Waals surface area (Å²) in [6, 6.07) is 0. The molecule has 1 rings (SSSR count).